The second-order valence-electron chi connectivity index (χ2n) is 5.84. The van der Waals surface area contributed by atoms with E-state index in [0.29, 0.717) is 10.4 Å². The van der Waals surface area contributed by atoms with E-state index in [1.54, 1.807) is 18.2 Å². The van der Waals surface area contributed by atoms with Crippen LogP contribution in [0.3, 0.4) is 0 Å². The Morgan fingerprint density at radius 1 is 1.08 bits per heavy atom. The fourth-order valence-corrected chi connectivity index (χ4v) is 3.85. The van der Waals surface area contributed by atoms with Gasteiger partial charge in [0.05, 0.1) is 11.1 Å². The Labute approximate surface area is 156 Å². The van der Waals surface area contributed by atoms with Gasteiger partial charge in [0.1, 0.15) is 5.75 Å². The largest absolute Gasteiger partial charge is 0.508 e. The van der Waals surface area contributed by atoms with E-state index in [2.05, 4.69) is 4.72 Å². The monoisotopic (exact) mass is 387 g/mol. The molecule has 3 aromatic rings. The first kappa shape index (κ1) is 18.3. The highest BCUT2D eigenvalue weighted by molar-refractivity contribution is 7.88. The van der Waals surface area contributed by atoms with Crippen LogP contribution in [0.5, 0.6) is 5.75 Å². The fourth-order valence-electron chi connectivity index (χ4n) is 2.45. The molecule has 0 bridgehead atoms. The molecule has 0 amide bonds. The summed E-state index contributed by atoms with van der Waals surface area (Å²) in [5.41, 5.74) is 2.18. The van der Waals surface area contributed by atoms with Crippen LogP contribution in [0.15, 0.2) is 60.7 Å². The van der Waals surface area contributed by atoms with E-state index < -0.39 is 10.0 Å². The number of carbonyl (C=O) groups excluding carboxylic acids is 1. The summed E-state index contributed by atoms with van der Waals surface area (Å²) < 4.78 is 24.9. The molecule has 1 aromatic heterocycles. The molecule has 0 radical (unpaired) electrons. The van der Waals surface area contributed by atoms with Gasteiger partial charge in [0.25, 0.3) is 0 Å². The number of thiophene rings is 1. The summed E-state index contributed by atoms with van der Waals surface area (Å²) in [4.78, 5) is 14.0. The minimum atomic E-state index is -3.25. The second-order valence-corrected chi connectivity index (χ2v) is 8.75. The molecule has 1 heterocycles. The number of sulfonamides is 1. The molecule has 3 rings (SSSR count). The Balaban J connectivity index is 1.82. The number of phenols is 1. The van der Waals surface area contributed by atoms with Crippen LogP contribution in [0.2, 0.25) is 0 Å². The number of hydrogen-bond donors (Lipinski definition) is 2. The lowest BCUT2D eigenvalue weighted by atomic mass is 10.1. The molecule has 7 heteroatoms. The van der Waals surface area contributed by atoms with Gasteiger partial charge in [0, 0.05) is 17.0 Å². The van der Waals surface area contributed by atoms with E-state index in [1.807, 2.05) is 30.3 Å². The second kappa shape index (κ2) is 7.41. The van der Waals surface area contributed by atoms with Gasteiger partial charge in [-0.25, -0.2) is 13.1 Å². The van der Waals surface area contributed by atoms with E-state index in [1.165, 1.54) is 23.5 Å². The van der Waals surface area contributed by atoms with E-state index in [4.69, 9.17) is 0 Å². The van der Waals surface area contributed by atoms with Crippen molar-refractivity contribution < 1.29 is 18.3 Å². The lowest BCUT2D eigenvalue weighted by Gasteiger charge is -2.05. The SMILES string of the molecule is CS(=O)(=O)NCc1cccc(-c2ccc(C(=O)c3cccc(O)c3)s2)c1. The van der Waals surface area contributed by atoms with E-state index in [9.17, 15) is 18.3 Å². The Kier molecular flexibility index (Phi) is 5.22. The molecule has 0 atom stereocenters. The number of phenolic OH excluding ortho intramolecular Hbond substituents is 1. The molecule has 2 N–H and O–H groups in total. The molecule has 0 aliphatic carbocycles. The minimum Gasteiger partial charge on any atom is -0.508 e. The Bertz CT molecular complexity index is 1050. The maximum atomic E-state index is 12.5. The molecule has 134 valence electrons. The Morgan fingerprint density at radius 3 is 2.58 bits per heavy atom. The molecule has 0 aliphatic rings. The van der Waals surface area contributed by atoms with Gasteiger partial charge in [-0.05, 0) is 41.5 Å². The molecule has 0 unspecified atom stereocenters. The zero-order chi connectivity index (χ0) is 18.7. The summed E-state index contributed by atoms with van der Waals surface area (Å²) in [6, 6.07) is 17.4. The third kappa shape index (κ3) is 4.57. The van der Waals surface area contributed by atoms with E-state index in [-0.39, 0.29) is 18.1 Å². The molecule has 0 spiro atoms. The first-order valence-electron chi connectivity index (χ1n) is 7.79. The molecule has 26 heavy (non-hydrogen) atoms. The van der Waals surface area contributed by atoms with Crippen molar-refractivity contribution in [2.45, 2.75) is 6.54 Å². The van der Waals surface area contributed by atoms with Crippen molar-refractivity contribution in [2.24, 2.45) is 0 Å². The van der Waals surface area contributed by atoms with Crippen molar-refractivity contribution in [3.05, 3.63) is 76.7 Å². The lowest BCUT2D eigenvalue weighted by molar-refractivity contribution is 0.104. The average molecular weight is 387 g/mol. The Hall–Kier alpha value is -2.48. The third-order valence-corrected chi connectivity index (χ3v) is 5.49. The third-order valence-electron chi connectivity index (χ3n) is 3.69. The van der Waals surface area contributed by atoms with Crippen molar-refractivity contribution in [2.75, 3.05) is 6.26 Å². The van der Waals surface area contributed by atoms with Gasteiger partial charge in [-0.15, -0.1) is 11.3 Å². The minimum absolute atomic E-state index is 0.0544. The van der Waals surface area contributed by atoms with Gasteiger partial charge in [0.15, 0.2) is 0 Å². The fraction of sp³-hybridized carbons (Fsp3) is 0.105. The van der Waals surface area contributed by atoms with Crippen LogP contribution in [0.1, 0.15) is 20.8 Å². The van der Waals surface area contributed by atoms with Crippen LogP contribution in [0.4, 0.5) is 0 Å². The predicted molar refractivity (Wildman–Crippen MR) is 103 cm³/mol. The molecule has 0 fully saturated rings. The van der Waals surface area contributed by atoms with Crippen LogP contribution in [-0.4, -0.2) is 25.6 Å². The quantitative estimate of drug-likeness (QED) is 0.635. The standard InChI is InChI=1S/C19H17NO4S2/c1-26(23,24)20-12-13-4-2-5-14(10-13)17-8-9-18(25-17)19(22)15-6-3-7-16(21)11-15/h2-11,20-21H,12H2,1H3. The van der Waals surface area contributed by atoms with Crippen LogP contribution in [-0.2, 0) is 16.6 Å². The molecular weight excluding hydrogens is 370 g/mol. The topological polar surface area (TPSA) is 83.5 Å². The van der Waals surface area contributed by atoms with Crippen molar-refractivity contribution in [3.63, 3.8) is 0 Å². The molecule has 2 aromatic carbocycles. The zero-order valence-corrected chi connectivity index (χ0v) is 15.6. The number of rotatable bonds is 6. The highest BCUT2D eigenvalue weighted by Crippen LogP contribution is 2.30. The summed E-state index contributed by atoms with van der Waals surface area (Å²) in [5.74, 6) is -0.0919. The number of ketones is 1. The summed E-state index contributed by atoms with van der Waals surface area (Å²) in [5, 5.41) is 9.53. The summed E-state index contributed by atoms with van der Waals surface area (Å²) in [6.45, 7) is 0.215. The number of benzene rings is 2. The maximum Gasteiger partial charge on any atom is 0.209 e. The van der Waals surface area contributed by atoms with Gasteiger partial charge in [-0.2, -0.15) is 0 Å². The Morgan fingerprint density at radius 2 is 1.85 bits per heavy atom. The van der Waals surface area contributed by atoms with Crippen molar-refractivity contribution >= 4 is 27.1 Å². The zero-order valence-electron chi connectivity index (χ0n) is 14.0. The molecular formula is C19H17NO4S2. The smallest absolute Gasteiger partial charge is 0.209 e. The van der Waals surface area contributed by atoms with Gasteiger partial charge >= 0.3 is 0 Å². The lowest BCUT2D eigenvalue weighted by Crippen LogP contribution is -2.21. The molecule has 0 aliphatic heterocycles. The van der Waals surface area contributed by atoms with Crippen LogP contribution in [0.25, 0.3) is 10.4 Å². The van der Waals surface area contributed by atoms with Crippen LogP contribution >= 0.6 is 11.3 Å². The summed E-state index contributed by atoms with van der Waals surface area (Å²) in [7, 11) is -3.25. The number of hydrogen-bond acceptors (Lipinski definition) is 5. The van der Waals surface area contributed by atoms with Crippen LogP contribution in [0, 0.1) is 0 Å². The van der Waals surface area contributed by atoms with Crippen molar-refractivity contribution in [1.29, 1.82) is 0 Å². The molecule has 5 nitrogen and oxygen atoms in total. The first-order valence-corrected chi connectivity index (χ1v) is 10.5. The number of nitrogens with one attached hydrogen (secondary N) is 1. The normalized spacial score (nSPS) is 11.4. The average Bonchev–Trinajstić information content (AvgIpc) is 3.09. The molecule has 0 saturated carbocycles. The van der Waals surface area contributed by atoms with Gasteiger partial charge in [-0.1, -0.05) is 30.3 Å². The van der Waals surface area contributed by atoms with E-state index >= 15 is 0 Å². The van der Waals surface area contributed by atoms with Crippen LogP contribution < -0.4 is 4.72 Å². The van der Waals surface area contributed by atoms with Gasteiger partial charge in [-0.3, -0.25) is 4.79 Å². The maximum absolute atomic E-state index is 12.5. The van der Waals surface area contributed by atoms with Crippen molar-refractivity contribution in [3.8, 4) is 16.2 Å². The number of carbonyl (C=O) groups is 1. The number of aromatic hydroxyl groups is 1. The van der Waals surface area contributed by atoms with Gasteiger partial charge in [0.2, 0.25) is 15.8 Å². The predicted octanol–water partition coefficient (Wildman–Crippen LogP) is 3.40. The van der Waals surface area contributed by atoms with Gasteiger partial charge < -0.3 is 5.11 Å². The summed E-state index contributed by atoms with van der Waals surface area (Å²) >= 11 is 1.36. The molecule has 0 saturated heterocycles. The van der Waals surface area contributed by atoms with E-state index in [0.717, 1.165) is 22.3 Å². The first-order chi connectivity index (χ1) is 12.3. The highest BCUT2D eigenvalue weighted by Gasteiger charge is 2.13. The highest BCUT2D eigenvalue weighted by atomic mass is 32.2. The summed E-state index contributed by atoms with van der Waals surface area (Å²) in [6.07, 6.45) is 1.12. The van der Waals surface area contributed by atoms with Crippen molar-refractivity contribution in [1.82, 2.24) is 4.72 Å².